The summed E-state index contributed by atoms with van der Waals surface area (Å²) in [6.45, 7) is 1.52. The molecule has 0 unspecified atom stereocenters. The fourth-order valence-electron chi connectivity index (χ4n) is 2.84. The van der Waals surface area contributed by atoms with Crippen LogP contribution in [0, 0.1) is 5.92 Å². The number of urea groups is 1. The Hall–Kier alpha value is -1.62. The minimum Gasteiger partial charge on any atom is -0.376 e. The van der Waals surface area contributed by atoms with Gasteiger partial charge in [-0.25, -0.2) is 4.79 Å². The van der Waals surface area contributed by atoms with Gasteiger partial charge in [0.15, 0.2) is 0 Å². The first kappa shape index (κ1) is 13.4. The molecule has 0 bridgehead atoms. The van der Waals surface area contributed by atoms with E-state index in [1.165, 1.54) is 12.8 Å². The van der Waals surface area contributed by atoms with Crippen molar-refractivity contribution in [2.75, 3.05) is 13.2 Å². The van der Waals surface area contributed by atoms with E-state index in [-0.39, 0.29) is 18.2 Å². The number of nitrogens with two attached hydrogens (primary N) is 1. The molecule has 0 aromatic carbocycles. The van der Waals surface area contributed by atoms with Crippen molar-refractivity contribution in [2.24, 2.45) is 11.7 Å². The number of nitrogens with zero attached hydrogens (tertiary/aromatic N) is 2. The van der Waals surface area contributed by atoms with Crippen molar-refractivity contribution in [3.05, 3.63) is 30.1 Å². The van der Waals surface area contributed by atoms with E-state index in [2.05, 4.69) is 4.98 Å². The molecule has 1 aliphatic heterocycles. The second-order valence-corrected chi connectivity index (χ2v) is 5.76. The van der Waals surface area contributed by atoms with Crippen molar-refractivity contribution in [2.45, 2.75) is 37.8 Å². The largest absolute Gasteiger partial charge is 0.376 e. The van der Waals surface area contributed by atoms with Gasteiger partial charge < -0.3 is 15.4 Å². The number of likely N-dealkylation sites (tertiary alicyclic amines) is 1. The Balaban J connectivity index is 1.67. The lowest BCUT2D eigenvalue weighted by atomic mass is 10.0. The molecule has 1 saturated carbocycles. The number of amides is 2. The third-order valence-corrected chi connectivity index (χ3v) is 4.20. The molecule has 0 spiro atoms. The van der Waals surface area contributed by atoms with Gasteiger partial charge >= 0.3 is 6.03 Å². The lowest BCUT2D eigenvalue weighted by Gasteiger charge is -2.27. The quantitative estimate of drug-likeness (QED) is 0.887. The van der Waals surface area contributed by atoms with Gasteiger partial charge in [-0.05, 0) is 49.3 Å². The first-order chi connectivity index (χ1) is 9.74. The van der Waals surface area contributed by atoms with Crippen molar-refractivity contribution in [1.82, 2.24) is 9.88 Å². The second kappa shape index (κ2) is 5.79. The van der Waals surface area contributed by atoms with Gasteiger partial charge in [-0.3, -0.25) is 4.98 Å². The second-order valence-electron chi connectivity index (χ2n) is 5.76. The van der Waals surface area contributed by atoms with Gasteiger partial charge in [-0.1, -0.05) is 0 Å². The van der Waals surface area contributed by atoms with Crippen LogP contribution in [-0.4, -0.2) is 41.2 Å². The zero-order valence-electron chi connectivity index (χ0n) is 11.6. The Morgan fingerprint density at radius 3 is 2.75 bits per heavy atom. The van der Waals surface area contributed by atoms with Crippen molar-refractivity contribution in [3.63, 3.8) is 0 Å². The summed E-state index contributed by atoms with van der Waals surface area (Å²) in [6, 6.07) is 3.67. The Labute approximate surface area is 119 Å². The summed E-state index contributed by atoms with van der Waals surface area (Å²) >= 11 is 0. The van der Waals surface area contributed by atoms with Gasteiger partial charge in [0.1, 0.15) is 0 Å². The first-order valence-electron chi connectivity index (χ1n) is 7.30. The molecule has 2 heterocycles. The molecule has 2 atom stereocenters. The summed E-state index contributed by atoms with van der Waals surface area (Å²) in [5.74, 6) is 0.735. The molecule has 108 valence electrons. The molecule has 1 saturated heterocycles. The van der Waals surface area contributed by atoms with Crippen LogP contribution < -0.4 is 5.73 Å². The molecule has 1 aromatic heterocycles. The van der Waals surface area contributed by atoms with Gasteiger partial charge in [-0.2, -0.15) is 0 Å². The normalized spacial score (nSPS) is 25.9. The number of aromatic nitrogens is 1. The van der Waals surface area contributed by atoms with Crippen molar-refractivity contribution in [1.29, 1.82) is 0 Å². The average molecular weight is 275 g/mol. The maximum absolute atomic E-state index is 11.6. The lowest BCUT2D eigenvalue weighted by Crippen LogP contribution is -2.44. The lowest BCUT2D eigenvalue weighted by molar-refractivity contribution is 0.0264. The summed E-state index contributed by atoms with van der Waals surface area (Å²) in [4.78, 5) is 17.4. The summed E-state index contributed by atoms with van der Waals surface area (Å²) in [5.41, 5.74) is 6.66. The van der Waals surface area contributed by atoms with E-state index < -0.39 is 0 Å². The summed E-state index contributed by atoms with van der Waals surface area (Å²) in [5, 5.41) is 0. The highest BCUT2D eigenvalue weighted by atomic mass is 16.5. The zero-order chi connectivity index (χ0) is 13.9. The number of rotatable bonds is 5. The van der Waals surface area contributed by atoms with Crippen LogP contribution in [0.2, 0.25) is 0 Å². The molecule has 1 aliphatic carbocycles. The van der Waals surface area contributed by atoms with Crippen molar-refractivity contribution >= 4 is 6.03 Å². The summed E-state index contributed by atoms with van der Waals surface area (Å²) < 4.78 is 6.03. The number of carbonyl (C=O) groups is 1. The van der Waals surface area contributed by atoms with Crippen LogP contribution in [-0.2, 0) is 11.2 Å². The minimum atomic E-state index is -0.346. The molecular weight excluding hydrogens is 254 g/mol. The van der Waals surface area contributed by atoms with Crippen LogP contribution in [0.1, 0.15) is 24.8 Å². The first-order valence-corrected chi connectivity index (χ1v) is 7.30. The highest BCUT2D eigenvalue weighted by Gasteiger charge is 2.37. The van der Waals surface area contributed by atoms with Crippen LogP contribution in [0.3, 0.4) is 0 Å². The van der Waals surface area contributed by atoms with Crippen molar-refractivity contribution in [3.8, 4) is 0 Å². The van der Waals surface area contributed by atoms with Gasteiger partial charge in [0, 0.05) is 25.5 Å². The fraction of sp³-hybridized carbons (Fsp3) is 0.600. The number of hydrogen-bond donors (Lipinski definition) is 1. The maximum atomic E-state index is 11.6. The molecule has 3 rings (SSSR count). The molecule has 5 heteroatoms. The molecule has 2 amide bonds. The molecule has 5 nitrogen and oxygen atoms in total. The van der Waals surface area contributed by atoms with E-state index in [4.69, 9.17) is 10.5 Å². The highest BCUT2D eigenvalue weighted by molar-refractivity contribution is 5.73. The number of hydrogen-bond acceptors (Lipinski definition) is 3. The third kappa shape index (κ3) is 3.10. The fourth-order valence-corrected chi connectivity index (χ4v) is 2.84. The van der Waals surface area contributed by atoms with Crippen LogP contribution in [0.15, 0.2) is 24.5 Å². The Morgan fingerprint density at radius 1 is 1.35 bits per heavy atom. The van der Waals surface area contributed by atoms with Crippen LogP contribution in [0.5, 0.6) is 0 Å². The summed E-state index contributed by atoms with van der Waals surface area (Å²) in [7, 11) is 0. The maximum Gasteiger partial charge on any atom is 0.315 e. The van der Waals surface area contributed by atoms with E-state index in [1.54, 1.807) is 17.3 Å². The van der Waals surface area contributed by atoms with Crippen LogP contribution in [0.4, 0.5) is 4.79 Å². The standard InChI is InChI=1S/C15H21N3O2/c16-15(19)18-8-5-14(20-10-12-1-2-12)13(18)9-11-3-6-17-7-4-11/h3-4,6-7,12-14H,1-2,5,8-10H2,(H2,16,19)/t13-,14-/m1/s1. The van der Waals surface area contributed by atoms with Gasteiger partial charge in [0.2, 0.25) is 0 Å². The van der Waals surface area contributed by atoms with E-state index in [9.17, 15) is 4.79 Å². The Morgan fingerprint density at radius 2 is 2.10 bits per heavy atom. The zero-order valence-corrected chi connectivity index (χ0v) is 11.6. The van der Waals surface area contributed by atoms with E-state index >= 15 is 0 Å². The van der Waals surface area contributed by atoms with E-state index in [1.807, 2.05) is 12.1 Å². The molecular formula is C15H21N3O2. The number of carbonyl (C=O) groups excluding carboxylic acids is 1. The van der Waals surface area contributed by atoms with Gasteiger partial charge in [0.05, 0.1) is 12.1 Å². The Bertz CT molecular complexity index is 461. The average Bonchev–Trinajstić information content (AvgIpc) is 3.19. The smallest absolute Gasteiger partial charge is 0.315 e. The topological polar surface area (TPSA) is 68.5 Å². The predicted octanol–water partition coefficient (Wildman–Crippen LogP) is 1.57. The third-order valence-electron chi connectivity index (χ3n) is 4.20. The molecule has 1 aromatic rings. The van der Waals surface area contributed by atoms with E-state index in [0.29, 0.717) is 6.54 Å². The SMILES string of the molecule is NC(=O)N1CC[C@@H](OCC2CC2)[C@H]1Cc1ccncc1. The van der Waals surface area contributed by atoms with E-state index in [0.717, 1.165) is 30.9 Å². The predicted molar refractivity (Wildman–Crippen MR) is 75.1 cm³/mol. The molecule has 2 N–H and O–H groups in total. The molecule has 0 radical (unpaired) electrons. The Kier molecular flexibility index (Phi) is 3.87. The monoisotopic (exact) mass is 275 g/mol. The van der Waals surface area contributed by atoms with Crippen LogP contribution >= 0.6 is 0 Å². The highest BCUT2D eigenvalue weighted by Crippen LogP contribution is 2.31. The molecule has 20 heavy (non-hydrogen) atoms. The number of pyridine rings is 1. The molecule has 2 aliphatic rings. The van der Waals surface area contributed by atoms with Crippen LogP contribution in [0.25, 0.3) is 0 Å². The molecule has 2 fully saturated rings. The minimum absolute atomic E-state index is 0.0497. The van der Waals surface area contributed by atoms with Gasteiger partial charge in [-0.15, -0.1) is 0 Å². The summed E-state index contributed by atoms with van der Waals surface area (Å²) in [6.07, 6.45) is 7.88. The number of ether oxygens (including phenoxy) is 1. The van der Waals surface area contributed by atoms with Gasteiger partial charge in [0.25, 0.3) is 0 Å². The number of primary amides is 1. The van der Waals surface area contributed by atoms with Crippen molar-refractivity contribution < 1.29 is 9.53 Å².